The van der Waals surface area contributed by atoms with Crippen LogP contribution in [0.25, 0.3) is 0 Å². The van der Waals surface area contributed by atoms with Crippen molar-refractivity contribution in [2.45, 2.75) is 33.3 Å². The maximum absolute atomic E-state index is 13.3. The van der Waals surface area contributed by atoms with Crippen molar-refractivity contribution in [1.82, 2.24) is 0 Å². The van der Waals surface area contributed by atoms with Crippen LogP contribution in [-0.2, 0) is 20.7 Å². The fourth-order valence-electron chi connectivity index (χ4n) is 3.58. The molecule has 0 unspecified atom stereocenters. The number of rotatable bonds is 3. The quantitative estimate of drug-likeness (QED) is 0.543. The van der Waals surface area contributed by atoms with Crippen LogP contribution in [0, 0.1) is 10.8 Å². The summed E-state index contributed by atoms with van der Waals surface area (Å²) in [6, 6.07) is 17.1. The van der Waals surface area contributed by atoms with Gasteiger partial charge >= 0.3 is 5.97 Å². The lowest BCUT2D eigenvalue weighted by Crippen LogP contribution is -2.54. The summed E-state index contributed by atoms with van der Waals surface area (Å²) in [5.74, 6) is -0.526. The van der Waals surface area contributed by atoms with Gasteiger partial charge in [-0.05, 0) is 50.5 Å². The van der Waals surface area contributed by atoms with E-state index in [1.165, 1.54) is 0 Å². The number of hydrogen-bond acceptors (Lipinski definition) is 3. The largest absolute Gasteiger partial charge is 0.456 e. The number of carbonyl (C=O) groups is 2. The lowest BCUT2D eigenvalue weighted by Gasteiger charge is -2.44. The maximum Gasteiger partial charge on any atom is 0.320 e. The molecule has 0 spiro atoms. The summed E-state index contributed by atoms with van der Waals surface area (Å²) in [5, 5.41) is 0. The van der Waals surface area contributed by atoms with Crippen molar-refractivity contribution < 1.29 is 14.3 Å². The molecular formula is C21H21BrO3. The number of esters is 1. The van der Waals surface area contributed by atoms with Crippen LogP contribution in [0.3, 0.4) is 0 Å². The number of halogens is 1. The molecule has 25 heavy (non-hydrogen) atoms. The van der Waals surface area contributed by atoms with E-state index in [0.717, 1.165) is 15.6 Å². The smallest absolute Gasteiger partial charge is 0.320 e. The predicted molar refractivity (Wildman–Crippen MR) is 100 cm³/mol. The van der Waals surface area contributed by atoms with Gasteiger partial charge < -0.3 is 4.74 Å². The van der Waals surface area contributed by atoms with Crippen LogP contribution in [-0.4, -0.2) is 11.8 Å². The Balaban J connectivity index is 1.94. The molecule has 1 saturated heterocycles. The van der Waals surface area contributed by atoms with Gasteiger partial charge in [0.2, 0.25) is 0 Å². The molecule has 2 aromatic rings. The Morgan fingerprint density at radius 1 is 0.960 bits per heavy atom. The molecule has 0 aromatic heterocycles. The third-order valence-electron chi connectivity index (χ3n) is 4.99. The fourth-order valence-corrected chi connectivity index (χ4v) is 3.85. The zero-order valence-corrected chi connectivity index (χ0v) is 16.2. The molecule has 0 bridgehead atoms. The van der Waals surface area contributed by atoms with Crippen molar-refractivity contribution in [2.75, 3.05) is 0 Å². The van der Waals surface area contributed by atoms with E-state index in [2.05, 4.69) is 15.9 Å². The van der Waals surface area contributed by atoms with Gasteiger partial charge in [0, 0.05) is 4.47 Å². The van der Waals surface area contributed by atoms with Crippen LogP contribution in [0.4, 0.5) is 0 Å². The molecular weight excluding hydrogens is 380 g/mol. The normalized spacial score (nSPS) is 25.5. The second-order valence-electron chi connectivity index (χ2n) is 7.38. The molecule has 3 rings (SSSR count). The number of Topliss-reactive ketones (excluding diaryl/α,β-unsaturated/α-hetero) is 1. The van der Waals surface area contributed by atoms with E-state index < -0.39 is 22.9 Å². The van der Waals surface area contributed by atoms with Crippen molar-refractivity contribution in [3.63, 3.8) is 0 Å². The highest BCUT2D eigenvalue weighted by Gasteiger charge is 2.57. The van der Waals surface area contributed by atoms with Crippen molar-refractivity contribution in [2.24, 2.45) is 10.8 Å². The molecule has 0 saturated carbocycles. The second-order valence-corrected chi connectivity index (χ2v) is 8.30. The van der Waals surface area contributed by atoms with Crippen LogP contribution >= 0.6 is 15.9 Å². The van der Waals surface area contributed by atoms with Gasteiger partial charge in [0.05, 0.1) is 5.41 Å². The zero-order valence-electron chi connectivity index (χ0n) is 14.6. The lowest BCUT2D eigenvalue weighted by molar-refractivity contribution is -0.188. The average Bonchev–Trinajstić information content (AvgIpc) is 2.60. The van der Waals surface area contributed by atoms with Gasteiger partial charge in [-0.3, -0.25) is 9.59 Å². The van der Waals surface area contributed by atoms with E-state index in [1.807, 2.05) is 68.4 Å². The highest BCUT2D eigenvalue weighted by atomic mass is 79.9. The summed E-state index contributed by atoms with van der Waals surface area (Å²) < 4.78 is 6.76. The Labute approximate surface area is 156 Å². The van der Waals surface area contributed by atoms with Gasteiger partial charge in [-0.1, -0.05) is 58.4 Å². The maximum atomic E-state index is 13.3. The molecule has 2 aromatic carbocycles. The second kappa shape index (κ2) is 6.41. The first kappa shape index (κ1) is 17.9. The Hall–Kier alpha value is -1.94. The van der Waals surface area contributed by atoms with E-state index in [0.29, 0.717) is 6.42 Å². The Kier molecular flexibility index (Phi) is 4.58. The third-order valence-corrected chi connectivity index (χ3v) is 5.52. The van der Waals surface area contributed by atoms with Crippen molar-refractivity contribution in [3.8, 4) is 0 Å². The Bertz CT molecular complexity index is 796. The molecule has 0 amide bonds. The molecule has 2 atom stereocenters. The molecule has 0 N–H and O–H groups in total. The van der Waals surface area contributed by atoms with Gasteiger partial charge in [-0.15, -0.1) is 0 Å². The van der Waals surface area contributed by atoms with Crippen molar-refractivity contribution >= 4 is 27.7 Å². The van der Waals surface area contributed by atoms with Crippen LogP contribution in [0.15, 0.2) is 59.1 Å². The first-order chi connectivity index (χ1) is 11.7. The van der Waals surface area contributed by atoms with E-state index in [1.54, 1.807) is 6.92 Å². The molecule has 1 aliphatic rings. The van der Waals surface area contributed by atoms with E-state index >= 15 is 0 Å². The zero-order chi connectivity index (χ0) is 18.2. The van der Waals surface area contributed by atoms with E-state index in [9.17, 15) is 9.59 Å². The van der Waals surface area contributed by atoms with Crippen molar-refractivity contribution in [3.05, 3.63) is 70.2 Å². The van der Waals surface area contributed by atoms with Gasteiger partial charge in [0.25, 0.3) is 0 Å². The number of hydrogen-bond donors (Lipinski definition) is 0. The minimum absolute atomic E-state index is 0.0759. The molecule has 4 heteroatoms. The standard InChI is InChI=1S/C21H21BrO3/c1-20(2)17(15-7-5-4-6-8-15)25-19(24)21(3,18(20)23)13-14-9-11-16(22)12-10-14/h4-12,17H,13H2,1-3H3/t17-,21+/m1/s1. The molecule has 0 aliphatic carbocycles. The van der Waals surface area contributed by atoms with E-state index in [-0.39, 0.29) is 5.78 Å². The number of ether oxygens (including phenoxy) is 1. The van der Waals surface area contributed by atoms with Gasteiger partial charge in [-0.2, -0.15) is 0 Å². The van der Waals surface area contributed by atoms with E-state index in [4.69, 9.17) is 4.74 Å². The average molecular weight is 401 g/mol. The first-order valence-electron chi connectivity index (χ1n) is 8.30. The third kappa shape index (κ3) is 3.15. The monoisotopic (exact) mass is 400 g/mol. The molecule has 1 fully saturated rings. The Morgan fingerprint density at radius 3 is 2.16 bits per heavy atom. The topological polar surface area (TPSA) is 43.4 Å². The summed E-state index contributed by atoms with van der Waals surface area (Å²) >= 11 is 3.40. The van der Waals surface area contributed by atoms with Gasteiger partial charge in [-0.25, -0.2) is 0 Å². The number of ketones is 1. The van der Waals surface area contributed by atoms with Crippen LogP contribution in [0.5, 0.6) is 0 Å². The van der Waals surface area contributed by atoms with Gasteiger partial charge in [0.1, 0.15) is 11.5 Å². The first-order valence-corrected chi connectivity index (χ1v) is 9.10. The molecule has 1 aliphatic heterocycles. The SMILES string of the molecule is CC1(C)C(=O)[C@](C)(Cc2ccc(Br)cc2)C(=O)O[C@@H]1c1ccccc1. The van der Waals surface area contributed by atoms with Gasteiger partial charge in [0.15, 0.2) is 5.78 Å². The number of carbonyl (C=O) groups excluding carboxylic acids is 2. The Morgan fingerprint density at radius 2 is 1.56 bits per heavy atom. The highest BCUT2D eigenvalue weighted by Crippen LogP contribution is 2.48. The lowest BCUT2D eigenvalue weighted by atomic mass is 9.64. The fraction of sp³-hybridized carbons (Fsp3) is 0.333. The van der Waals surface area contributed by atoms with Crippen molar-refractivity contribution in [1.29, 1.82) is 0 Å². The minimum atomic E-state index is -1.18. The number of benzene rings is 2. The molecule has 3 nitrogen and oxygen atoms in total. The summed E-state index contributed by atoms with van der Waals surface area (Å²) in [4.78, 5) is 26.1. The number of cyclic esters (lactones) is 1. The minimum Gasteiger partial charge on any atom is -0.456 e. The summed E-state index contributed by atoms with van der Waals surface area (Å²) in [6.07, 6.45) is -0.227. The summed E-state index contributed by atoms with van der Waals surface area (Å²) in [5.41, 5.74) is -0.188. The van der Waals surface area contributed by atoms with Crippen LogP contribution in [0.1, 0.15) is 38.0 Å². The summed E-state index contributed by atoms with van der Waals surface area (Å²) in [7, 11) is 0. The summed E-state index contributed by atoms with van der Waals surface area (Å²) in [6.45, 7) is 5.42. The molecule has 0 radical (unpaired) electrons. The highest BCUT2D eigenvalue weighted by molar-refractivity contribution is 9.10. The predicted octanol–water partition coefficient (Wildman–Crippen LogP) is 4.89. The molecule has 1 heterocycles. The molecule has 130 valence electrons. The van der Waals surface area contributed by atoms with Crippen LogP contribution < -0.4 is 0 Å². The van der Waals surface area contributed by atoms with Crippen LogP contribution in [0.2, 0.25) is 0 Å².